The summed E-state index contributed by atoms with van der Waals surface area (Å²) in [6.45, 7) is 2.50. The number of ketones is 1. The van der Waals surface area contributed by atoms with Crippen molar-refractivity contribution in [3.63, 3.8) is 0 Å². The molecule has 0 spiro atoms. The molecule has 2 aliphatic carbocycles. The molecule has 3 heterocycles. The third-order valence-corrected chi connectivity index (χ3v) is 5.96. The SMILES string of the molecule is O=C(O)C1=CC2=C(OC3=C(Cl)C(N4CCCC4)=CC4C=CCN2C34)C1=O. The van der Waals surface area contributed by atoms with Gasteiger partial charge in [0.05, 0.1) is 17.4 Å². The van der Waals surface area contributed by atoms with Crippen LogP contribution < -0.4 is 0 Å². The molecule has 0 saturated carbocycles. The molecule has 7 heteroatoms. The van der Waals surface area contributed by atoms with Crippen LogP contribution in [0, 0.1) is 5.92 Å². The van der Waals surface area contributed by atoms with Gasteiger partial charge in [-0.3, -0.25) is 4.79 Å². The van der Waals surface area contributed by atoms with Crippen LogP contribution >= 0.6 is 11.6 Å². The van der Waals surface area contributed by atoms with Crippen molar-refractivity contribution < 1.29 is 19.4 Å². The van der Waals surface area contributed by atoms with Crippen molar-refractivity contribution in [3.05, 3.63) is 57.8 Å². The van der Waals surface area contributed by atoms with Gasteiger partial charge in [0.25, 0.3) is 0 Å². The number of nitrogens with zero attached hydrogens (tertiary/aromatic N) is 2. The number of hydrogen-bond donors (Lipinski definition) is 1. The molecule has 0 radical (unpaired) electrons. The Morgan fingerprint density at radius 3 is 2.81 bits per heavy atom. The van der Waals surface area contributed by atoms with Gasteiger partial charge in [-0.25, -0.2) is 4.79 Å². The van der Waals surface area contributed by atoms with E-state index < -0.39 is 11.8 Å². The molecular formula is C19H17ClN2O4. The average molecular weight is 373 g/mol. The molecule has 0 bridgehead atoms. The van der Waals surface area contributed by atoms with Gasteiger partial charge < -0.3 is 19.6 Å². The third kappa shape index (κ3) is 2.05. The second kappa shape index (κ2) is 5.51. The smallest absolute Gasteiger partial charge is 0.339 e. The first-order valence-corrected chi connectivity index (χ1v) is 9.16. The van der Waals surface area contributed by atoms with E-state index in [1.807, 2.05) is 11.0 Å². The number of allylic oxidation sites excluding steroid dienone is 3. The second-order valence-electron chi connectivity index (χ2n) is 7.04. The predicted octanol–water partition coefficient (Wildman–Crippen LogP) is 2.12. The van der Waals surface area contributed by atoms with E-state index in [1.54, 1.807) is 0 Å². The topological polar surface area (TPSA) is 70.1 Å². The lowest BCUT2D eigenvalue weighted by molar-refractivity contribution is -0.134. The van der Waals surface area contributed by atoms with E-state index in [4.69, 9.17) is 16.3 Å². The first-order valence-electron chi connectivity index (χ1n) is 8.78. The highest BCUT2D eigenvalue weighted by atomic mass is 35.5. The molecule has 26 heavy (non-hydrogen) atoms. The predicted molar refractivity (Wildman–Crippen MR) is 93.7 cm³/mol. The fourth-order valence-corrected chi connectivity index (χ4v) is 4.71. The third-order valence-electron chi connectivity index (χ3n) is 5.58. The number of hydrogen-bond acceptors (Lipinski definition) is 5. The monoisotopic (exact) mass is 372 g/mol. The van der Waals surface area contributed by atoms with Crippen LogP contribution in [0.4, 0.5) is 0 Å². The van der Waals surface area contributed by atoms with Crippen LogP contribution in [0.5, 0.6) is 0 Å². The zero-order valence-electron chi connectivity index (χ0n) is 13.9. The molecule has 0 amide bonds. The largest absolute Gasteiger partial charge is 0.478 e. The maximum Gasteiger partial charge on any atom is 0.339 e. The van der Waals surface area contributed by atoms with Gasteiger partial charge >= 0.3 is 5.97 Å². The number of carboxylic acids is 1. The zero-order valence-corrected chi connectivity index (χ0v) is 14.7. The van der Waals surface area contributed by atoms with E-state index in [0.717, 1.165) is 31.6 Å². The number of ether oxygens (including phenoxy) is 1. The van der Waals surface area contributed by atoms with Gasteiger partial charge in [0.15, 0.2) is 5.76 Å². The molecule has 0 aromatic carbocycles. The number of carboxylic acid groups (broad SMARTS) is 1. The van der Waals surface area contributed by atoms with Gasteiger partial charge in [0.2, 0.25) is 5.78 Å². The lowest BCUT2D eigenvalue weighted by atomic mass is 9.86. The summed E-state index contributed by atoms with van der Waals surface area (Å²) in [5, 5.41) is 9.82. The Kier molecular flexibility index (Phi) is 3.34. The number of halogens is 1. The molecule has 134 valence electrons. The number of carbonyl (C=O) groups is 2. The van der Waals surface area contributed by atoms with Crippen molar-refractivity contribution in [1.29, 1.82) is 0 Å². The summed E-state index contributed by atoms with van der Waals surface area (Å²) in [7, 11) is 0. The summed E-state index contributed by atoms with van der Waals surface area (Å²) in [5.41, 5.74) is 1.23. The summed E-state index contributed by atoms with van der Waals surface area (Å²) in [4.78, 5) is 28.1. The molecule has 5 rings (SSSR count). The lowest BCUT2D eigenvalue weighted by Crippen LogP contribution is -2.48. The minimum absolute atomic E-state index is 0.0725. The molecule has 1 saturated heterocycles. The summed E-state index contributed by atoms with van der Waals surface area (Å²) in [6.07, 6.45) is 10.0. The van der Waals surface area contributed by atoms with E-state index in [2.05, 4.69) is 17.1 Å². The minimum atomic E-state index is -1.24. The van der Waals surface area contributed by atoms with Crippen molar-refractivity contribution in [1.82, 2.24) is 9.80 Å². The van der Waals surface area contributed by atoms with Gasteiger partial charge in [0, 0.05) is 25.6 Å². The average Bonchev–Trinajstić information content (AvgIpc) is 3.26. The minimum Gasteiger partial charge on any atom is -0.478 e. The molecule has 2 atom stereocenters. The maximum absolute atomic E-state index is 12.5. The van der Waals surface area contributed by atoms with E-state index in [0.29, 0.717) is 23.0 Å². The number of fused-ring (bicyclic) bond motifs is 1. The Hall–Kier alpha value is -2.47. The Morgan fingerprint density at radius 2 is 2.08 bits per heavy atom. The van der Waals surface area contributed by atoms with Crippen molar-refractivity contribution in [2.24, 2.45) is 5.92 Å². The number of aliphatic carboxylic acids is 1. The van der Waals surface area contributed by atoms with Crippen LogP contribution in [0.25, 0.3) is 0 Å². The highest BCUT2D eigenvalue weighted by Crippen LogP contribution is 2.46. The molecule has 5 aliphatic rings. The van der Waals surface area contributed by atoms with Crippen molar-refractivity contribution in [2.45, 2.75) is 18.9 Å². The molecule has 1 N–H and O–H groups in total. The van der Waals surface area contributed by atoms with E-state index in [1.165, 1.54) is 6.08 Å². The number of likely N-dealkylation sites (tertiary alicyclic amines) is 1. The van der Waals surface area contributed by atoms with E-state index >= 15 is 0 Å². The van der Waals surface area contributed by atoms with E-state index in [-0.39, 0.29) is 23.3 Å². The Labute approximate surface area is 155 Å². The normalized spacial score (nSPS) is 29.5. The summed E-state index contributed by atoms with van der Waals surface area (Å²) < 4.78 is 5.96. The van der Waals surface area contributed by atoms with Gasteiger partial charge in [-0.15, -0.1) is 0 Å². The quantitative estimate of drug-likeness (QED) is 0.591. The second-order valence-corrected chi connectivity index (χ2v) is 7.41. The van der Waals surface area contributed by atoms with Crippen molar-refractivity contribution in [3.8, 4) is 0 Å². The highest BCUT2D eigenvalue weighted by Gasteiger charge is 2.47. The van der Waals surface area contributed by atoms with Gasteiger partial charge in [-0.2, -0.15) is 0 Å². The van der Waals surface area contributed by atoms with E-state index in [9.17, 15) is 14.7 Å². The van der Waals surface area contributed by atoms with Crippen LogP contribution in [0.15, 0.2) is 57.8 Å². The van der Waals surface area contributed by atoms with Crippen LogP contribution in [0.2, 0.25) is 0 Å². The molecule has 2 unspecified atom stereocenters. The Balaban J connectivity index is 1.61. The number of Topliss-reactive ketones (excluding diaryl/α,β-unsaturated/α-hetero) is 1. The fourth-order valence-electron chi connectivity index (χ4n) is 4.38. The van der Waals surface area contributed by atoms with Crippen molar-refractivity contribution >= 4 is 23.4 Å². The van der Waals surface area contributed by atoms with Crippen LogP contribution in [-0.2, 0) is 14.3 Å². The van der Waals surface area contributed by atoms with Gasteiger partial charge in [-0.1, -0.05) is 23.8 Å². The molecule has 0 aromatic heterocycles. The van der Waals surface area contributed by atoms with Crippen molar-refractivity contribution in [2.75, 3.05) is 19.6 Å². The molecule has 1 fully saturated rings. The molecular weight excluding hydrogens is 356 g/mol. The molecule has 0 aromatic rings. The Bertz CT molecular complexity index is 889. The number of rotatable bonds is 2. The van der Waals surface area contributed by atoms with Crippen LogP contribution in [-0.4, -0.2) is 52.3 Å². The number of carbonyl (C=O) groups excluding carboxylic acids is 1. The van der Waals surface area contributed by atoms with Gasteiger partial charge in [0.1, 0.15) is 16.4 Å². The summed E-state index contributed by atoms with van der Waals surface area (Å²) in [6, 6.07) is -0.144. The van der Waals surface area contributed by atoms with Crippen LogP contribution in [0.3, 0.4) is 0 Å². The standard InChI is InChI=1S/C19H17ClN2O4/c20-14-12(21-5-1-2-6-21)8-10-4-3-7-22-13-9-11(19(24)25)16(23)17(13)26-18(14)15(10)22/h3-4,8-10,15H,1-2,5-7H2,(H,24,25). The van der Waals surface area contributed by atoms with Crippen LogP contribution in [0.1, 0.15) is 12.8 Å². The zero-order chi connectivity index (χ0) is 18.0. The van der Waals surface area contributed by atoms with Gasteiger partial charge in [-0.05, 0) is 25.0 Å². The summed E-state index contributed by atoms with van der Waals surface area (Å²) in [5.74, 6) is -1.13. The Morgan fingerprint density at radius 1 is 1.31 bits per heavy atom. The summed E-state index contributed by atoms with van der Waals surface area (Å²) >= 11 is 6.71. The lowest BCUT2D eigenvalue weighted by Gasteiger charge is -2.46. The first kappa shape index (κ1) is 15.8. The molecule has 3 aliphatic heterocycles. The highest BCUT2D eigenvalue weighted by molar-refractivity contribution is 6.32. The molecule has 6 nitrogen and oxygen atoms in total. The first-order chi connectivity index (χ1) is 12.6. The maximum atomic E-state index is 12.5. The fraction of sp³-hybridized carbons (Fsp3) is 0.368.